The SMILES string of the molecule is CC(C)(CNC(=O)c1ccc(CN)cc1)N1CCCCC1. The Labute approximate surface area is 127 Å². The van der Waals surface area contributed by atoms with Gasteiger partial charge < -0.3 is 11.1 Å². The summed E-state index contributed by atoms with van der Waals surface area (Å²) in [5, 5.41) is 3.06. The quantitative estimate of drug-likeness (QED) is 0.873. The lowest BCUT2D eigenvalue weighted by molar-refractivity contribution is 0.0797. The van der Waals surface area contributed by atoms with Crippen molar-refractivity contribution in [3.05, 3.63) is 35.4 Å². The molecular weight excluding hydrogens is 262 g/mol. The standard InChI is InChI=1S/C17H27N3O/c1-17(2,20-10-4-3-5-11-20)13-19-16(21)15-8-6-14(12-18)7-9-15/h6-9H,3-5,10-13,18H2,1-2H3,(H,19,21). The van der Waals surface area contributed by atoms with E-state index in [1.54, 1.807) is 0 Å². The molecule has 0 atom stereocenters. The van der Waals surface area contributed by atoms with Gasteiger partial charge in [-0.05, 0) is 57.5 Å². The van der Waals surface area contributed by atoms with Gasteiger partial charge in [0.25, 0.3) is 5.91 Å². The molecule has 21 heavy (non-hydrogen) atoms. The molecule has 1 aliphatic rings. The Morgan fingerprint density at radius 1 is 1.19 bits per heavy atom. The van der Waals surface area contributed by atoms with Crippen molar-refractivity contribution in [1.82, 2.24) is 10.2 Å². The lowest BCUT2D eigenvalue weighted by Crippen LogP contribution is -2.53. The number of carbonyl (C=O) groups excluding carboxylic acids is 1. The molecule has 1 amide bonds. The molecular formula is C17H27N3O. The zero-order valence-electron chi connectivity index (χ0n) is 13.2. The van der Waals surface area contributed by atoms with E-state index in [1.165, 1.54) is 19.3 Å². The molecule has 1 heterocycles. The minimum atomic E-state index is -0.0105. The van der Waals surface area contributed by atoms with E-state index in [-0.39, 0.29) is 11.4 Å². The van der Waals surface area contributed by atoms with Gasteiger partial charge in [-0.25, -0.2) is 0 Å². The number of piperidine rings is 1. The largest absolute Gasteiger partial charge is 0.350 e. The van der Waals surface area contributed by atoms with Crippen LogP contribution >= 0.6 is 0 Å². The summed E-state index contributed by atoms with van der Waals surface area (Å²) in [6, 6.07) is 7.49. The Morgan fingerprint density at radius 2 is 1.81 bits per heavy atom. The number of nitrogens with one attached hydrogen (secondary N) is 1. The second kappa shape index (κ2) is 7.05. The zero-order valence-corrected chi connectivity index (χ0v) is 13.2. The molecule has 0 bridgehead atoms. The van der Waals surface area contributed by atoms with Crippen molar-refractivity contribution in [2.45, 2.75) is 45.2 Å². The third-order valence-corrected chi connectivity index (χ3v) is 4.35. The van der Waals surface area contributed by atoms with Gasteiger partial charge in [0, 0.05) is 24.2 Å². The van der Waals surface area contributed by atoms with Gasteiger partial charge in [-0.2, -0.15) is 0 Å². The highest BCUT2D eigenvalue weighted by atomic mass is 16.1. The predicted octanol–water partition coefficient (Wildman–Crippen LogP) is 2.14. The summed E-state index contributed by atoms with van der Waals surface area (Å²) in [6.45, 7) is 7.85. The lowest BCUT2D eigenvalue weighted by atomic mass is 9.98. The van der Waals surface area contributed by atoms with Gasteiger partial charge in [0.2, 0.25) is 0 Å². The molecule has 1 aromatic rings. The maximum Gasteiger partial charge on any atom is 0.251 e. The molecule has 3 N–H and O–H groups in total. The van der Waals surface area contributed by atoms with Crippen LogP contribution in [0.25, 0.3) is 0 Å². The van der Waals surface area contributed by atoms with Gasteiger partial charge in [-0.3, -0.25) is 9.69 Å². The third-order valence-electron chi connectivity index (χ3n) is 4.35. The van der Waals surface area contributed by atoms with Crippen molar-refractivity contribution in [2.24, 2.45) is 5.73 Å². The Hall–Kier alpha value is -1.39. The number of amides is 1. The Bertz CT molecular complexity index is 461. The van der Waals surface area contributed by atoms with Gasteiger partial charge >= 0.3 is 0 Å². The van der Waals surface area contributed by atoms with E-state index >= 15 is 0 Å². The summed E-state index contributed by atoms with van der Waals surface area (Å²) in [4.78, 5) is 14.7. The first-order valence-corrected chi connectivity index (χ1v) is 7.85. The van der Waals surface area contributed by atoms with Crippen molar-refractivity contribution in [3.63, 3.8) is 0 Å². The number of nitrogens with zero attached hydrogens (tertiary/aromatic N) is 1. The fourth-order valence-corrected chi connectivity index (χ4v) is 2.80. The molecule has 4 heteroatoms. The first-order chi connectivity index (χ1) is 10.0. The molecule has 0 aromatic heterocycles. The van der Waals surface area contributed by atoms with Crippen LogP contribution in [0.4, 0.5) is 0 Å². The zero-order chi connectivity index (χ0) is 15.3. The van der Waals surface area contributed by atoms with E-state index < -0.39 is 0 Å². The molecule has 1 aliphatic heterocycles. The molecule has 1 aromatic carbocycles. The fourth-order valence-electron chi connectivity index (χ4n) is 2.80. The summed E-state index contributed by atoms with van der Waals surface area (Å²) in [7, 11) is 0. The summed E-state index contributed by atoms with van der Waals surface area (Å²) in [6.07, 6.45) is 3.85. The molecule has 0 aliphatic carbocycles. The van der Waals surface area contributed by atoms with E-state index in [4.69, 9.17) is 5.73 Å². The predicted molar refractivity (Wildman–Crippen MR) is 86.2 cm³/mol. The van der Waals surface area contributed by atoms with E-state index in [2.05, 4.69) is 24.1 Å². The van der Waals surface area contributed by atoms with Gasteiger partial charge in [0.05, 0.1) is 0 Å². The molecule has 0 saturated carbocycles. The van der Waals surface area contributed by atoms with Crippen LogP contribution in [0.15, 0.2) is 24.3 Å². The number of hydrogen-bond donors (Lipinski definition) is 2. The van der Waals surface area contributed by atoms with Crippen molar-refractivity contribution in [2.75, 3.05) is 19.6 Å². The molecule has 0 radical (unpaired) electrons. The molecule has 1 fully saturated rings. The molecule has 0 unspecified atom stereocenters. The molecule has 1 saturated heterocycles. The molecule has 116 valence electrons. The summed E-state index contributed by atoms with van der Waals surface area (Å²) >= 11 is 0. The van der Waals surface area contributed by atoms with Crippen molar-refractivity contribution >= 4 is 5.91 Å². The van der Waals surface area contributed by atoms with Crippen LogP contribution in [0.3, 0.4) is 0 Å². The first kappa shape index (κ1) is 16.0. The average molecular weight is 289 g/mol. The monoisotopic (exact) mass is 289 g/mol. The number of rotatable bonds is 5. The second-order valence-corrected chi connectivity index (χ2v) is 6.44. The summed E-state index contributed by atoms with van der Waals surface area (Å²) < 4.78 is 0. The molecule has 0 spiro atoms. The van der Waals surface area contributed by atoms with E-state index in [0.29, 0.717) is 18.7 Å². The van der Waals surface area contributed by atoms with Crippen LogP contribution in [0.2, 0.25) is 0 Å². The van der Waals surface area contributed by atoms with Crippen molar-refractivity contribution < 1.29 is 4.79 Å². The van der Waals surface area contributed by atoms with Crippen molar-refractivity contribution in [1.29, 1.82) is 0 Å². The van der Waals surface area contributed by atoms with Crippen LogP contribution in [0.1, 0.15) is 49.0 Å². The van der Waals surface area contributed by atoms with E-state index in [1.807, 2.05) is 24.3 Å². The Kier molecular flexibility index (Phi) is 5.37. The second-order valence-electron chi connectivity index (χ2n) is 6.44. The summed E-state index contributed by atoms with van der Waals surface area (Å²) in [5.74, 6) is -0.0105. The van der Waals surface area contributed by atoms with Crippen molar-refractivity contribution in [3.8, 4) is 0 Å². The topological polar surface area (TPSA) is 58.4 Å². The number of hydrogen-bond acceptors (Lipinski definition) is 3. The Balaban J connectivity index is 1.89. The van der Waals surface area contributed by atoms with Gasteiger partial charge in [-0.15, -0.1) is 0 Å². The number of benzene rings is 1. The number of nitrogens with two attached hydrogens (primary N) is 1. The van der Waals surface area contributed by atoms with Gasteiger partial charge in [0.15, 0.2) is 0 Å². The minimum absolute atomic E-state index is 0.00722. The van der Waals surface area contributed by atoms with Crippen LogP contribution < -0.4 is 11.1 Å². The highest BCUT2D eigenvalue weighted by Gasteiger charge is 2.28. The smallest absolute Gasteiger partial charge is 0.251 e. The number of likely N-dealkylation sites (tertiary alicyclic amines) is 1. The lowest BCUT2D eigenvalue weighted by Gasteiger charge is -2.41. The Morgan fingerprint density at radius 3 is 2.38 bits per heavy atom. The maximum absolute atomic E-state index is 12.2. The first-order valence-electron chi connectivity index (χ1n) is 7.85. The fraction of sp³-hybridized carbons (Fsp3) is 0.588. The van der Waals surface area contributed by atoms with Gasteiger partial charge in [0.1, 0.15) is 0 Å². The molecule has 2 rings (SSSR count). The summed E-state index contributed by atoms with van der Waals surface area (Å²) in [5.41, 5.74) is 7.31. The van der Waals surface area contributed by atoms with Gasteiger partial charge in [-0.1, -0.05) is 18.6 Å². The van der Waals surface area contributed by atoms with E-state index in [0.717, 1.165) is 18.7 Å². The van der Waals surface area contributed by atoms with Crippen LogP contribution in [0, 0.1) is 0 Å². The highest BCUT2D eigenvalue weighted by molar-refractivity contribution is 5.94. The van der Waals surface area contributed by atoms with Crippen LogP contribution in [-0.4, -0.2) is 36.0 Å². The van der Waals surface area contributed by atoms with Crippen LogP contribution in [-0.2, 0) is 6.54 Å². The highest BCUT2D eigenvalue weighted by Crippen LogP contribution is 2.20. The minimum Gasteiger partial charge on any atom is -0.350 e. The third kappa shape index (κ3) is 4.29. The normalized spacial score (nSPS) is 16.7. The molecule has 4 nitrogen and oxygen atoms in total. The maximum atomic E-state index is 12.2. The average Bonchev–Trinajstić information content (AvgIpc) is 2.53. The van der Waals surface area contributed by atoms with E-state index in [9.17, 15) is 4.79 Å². The number of carbonyl (C=O) groups is 1. The van der Waals surface area contributed by atoms with Crippen LogP contribution in [0.5, 0.6) is 0 Å².